The summed E-state index contributed by atoms with van der Waals surface area (Å²) in [7, 11) is -5.62. The van der Waals surface area contributed by atoms with Crippen molar-refractivity contribution in [1.82, 2.24) is 4.31 Å². The number of ketones is 1. The number of carbonyl (C=O) groups excluding carboxylic acids is 1. The first-order valence-electron chi connectivity index (χ1n) is 16.2. The van der Waals surface area contributed by atoms with Crippen molar-refractivity contribution in [2.75, 3.05) is 26.6 Å². The molecule has 0 saturated heterocycles. The van der Waals surface area contributed by atoms with Gasteiger partial charge in [0, 0.05) is 36.4 Å². The van der Waals surface area contributed by atoms with Crippen LogP contribution >= 0.6 is 11.6 Å². The first-order chi connectivity index (χ1) is 24.3. The lowest BCUT2D eigenvalue weighted by Crippen LogP contribution is -2.56. The number of fused-ring (bicyclic) bond motifs is 3. The Hall–Kier alpha value is -4.04. The molecule has 51 heavy (non-hydrogen) atoms. The van der Waals surface area contributed by atoms with Gasteiger partial charge in [-0.15, -0.1) is 0 Å². The quantitative estimate of drug-likeness (QED) is 0.157. The number of Topliss-reactive ketones (excluding diaryl/α,β-unsaturated/α-hetero) is 1. The summed E-state index contributed by atoms with van der Waals surface area (Å²) in [6.07, 6.45) is -0.922. The van der Waals surface area contributed by atoms with E-state index in [0.717, 1.165) is 12.1 Å². The van der Waals surface area contributed by atoms with Crippen LogP contribution in [0.25, 0.3) is 0 Å². The fourth-order valence-electron chi connectivity index (χ4n) is 7.21. The number of sulfone groups is 1. The molecule has 1 fully saturated rings. The molecule has 0 radical (unpaired) electrons. The van der Waals surface area contributed by atoms with Gasteiger partial charge in [0.1, 0.15) is 27.8 Å². The van der Waals surface area contributed by atoms with Crippen molar-refractivity contribution in [3.63, 3.8) is 0 Å². The van der Waals surface area contributed by atoms with Gasteiger partial charge in [-0.3, -0.25) is 4.79 Å². The first kappa shape index (κ1) is 36.7. The van der Waals surface area contributed by atoms with Crippen LogP contribution in [0.3, 0.4) is 0 Å². The van der Waals surface area contributed by atoms with Crippen LogP contribution in [0.1, 0.15) is 36.0 Å². The molecule has 0 bridgehead atoms. The van der Waals surface area contributed by atoms with Gasteiger partial charge in [-0.1, -0.05) is 35.9 Å². The van der Waals surface area contributed by atoms with E-state index >= 15 is 8.78 Å². The Kier molecular flexibility index (Phi) is 10.5. The lowest BCUT2D eigenvalue weighted by atomic mass is 9.66. The van der Waals surface area contributed by atoms with E-state index in [-0.39, 0.29) is 48.1 Å². The van der Waals surface area contributed by atoms with Gasteiger partial charge in [0.2, 0.25) is 10.0 Å². The molecular weight excluding hydrogens is 724 g/mol. The number of sulfonamides is 1. The summed E-state index contributed by atoms with van der Waals surface area (Å²) in [6.45, 7) is -0.454. The van der Waals surface area contributed by atoms with Crippen LogP contribution in [-0.4, -0.2) is 53.5 Å². The maximum Gasteiger partial charge on any atom is 0.214 e. The number of nitrogens with zero attached hydrogens (tertiary/aromatic N) is 1. The third-order valence-electron chi connectivity index (χ3n) is 9.85. The zero-order valence-electron chi connectivity index (χ0n) is 27.9. The second kappa shape index (κ2) is 14.5. The van der Waals surface area contributed by atoms with Gasteiger partial charge < -0.3 is 14.2 Å². The predicted molar refractivity (Wildman–Crippen MR) is 187 cm³/mol. The molecule has 1 aliphatic heterocycles. The third kappa shape index (κ3) is 6.96. The van der Waals surface area contributed by atoms with Gasteiger partial charge in [0.15, 0.2) is 21.4 Å². The summed E-state index contributed by atoms with van der Waals surface area (Å²) in [5, 5.41) is 0.267. The summed E-state index contributed by atoms with van der Waals surface area (Å²) in [5.74, 6) is -4.58. The minimum atomic E-state index is -4.55. The van der Waals surface area contributed by atoms with Crippen LogP contribution in [0.15, 0.2) is 89.8 Å². The predicted octanol–water partition coefficient (Wildman–Crippen LogP) is 6.71. The van der Waals surface area contributed by atoms with E-state index in [1.54, 1.807) is 48.5 Å². The molecule has 9 nitrogen and oxygen atoms in total. The SMILES string of the molecule is COc1ccc(CN(Cc2ccc(OC)cc2)S(=O)(=O)CCC2C(=O)CC[C@]3(S(=O)(=O)c4ccc(Cl)cc4)c4c(F)ccc(F)c4OC[C@H]23)cc1. The number of halogens is 3. The Morgan fingerprint density at radius 3 is 1.92 bits per heavy atom. The van der Waals surface area contributed by atoms with Crippen molar-refractivity contribution >= 4 is 37.2 Å². The van der Waals surface area contributed by atoms with E-state index in [1.165, 1.54) is 42.8 Å². The molecule has 1 unspecified atom stereocenters. The van der Waals surface area contributed by atoms with Crippen LogP contribution in [0.2, 0.25) is 5.02 Å². The smallest absolute Gasteiger partial charge is 0.214 e. The molecule has 1 saturated carbocycles. The van der Waals surface area contributed by atoms with Crippen molar-refractivity contribution < 1.29 is 44.6 Å². The minimum Gasteiger partial charge on any atom is -0.497 e. The van der Waals surface area contributed by atoms with E-state index in [4.69, 9.17) is 25.8 Å². The summed E-state index contributed by atoms with van der Waals surface area (Å²) in [4.78, 5) is 13.5. The van der Waals surface area contributed by atoms with E-state index in [1.807, 2.05) is 0 Å². The molecule has 2 aliphatic rings. The van der Waals surface area contributed by atoms with Crippen molar-refractivity contribution in [2.24, 2.45) is 11.8 Å². The highest BCUT2D eigenvalue weighted by atomic mass is 35.5. The zero-order valence-corrected chi connectivity index (χ0v) is 30.2. The molecule has 0 amide bonds. The number of methoxy groups -OCH3 is 2. The van der Waals surface area contributed by atoms with Crippen LogP contribution < -0.4 is 14.2 Å². The van der Waals surface area contributed by atoms with E-state index in [9.17, 15) is 21.6 Å². The third-order valence-corrected chi connectivity index (χ3v) is 14.5. The molecule has 3 atom stereocenters. The highest BCUT2D eigenvalue weighted by Gasteiger charge is 2.62. The lowest BCUT2D eigenvalue weighted by molar-refractivity contribution is -0.129. The van der Waals surface area contributed by atoms with Crippen molar-refractivity contribution in [3.05, 3.63) is 118 Å². The fourth-order valence-corrected chi connectivity index (χ4v) is 11.2. The Morgan fingerprint density at radius 2 is 1.37 bits per heavy atom. The maximum absolute atomic E-state index is 15.9. The summed E-state index contributed by atoms with van der Waals surface area (Å²) < 4.78 is 104. The average molecular weight is 760 g/mol. The Bertz CT molecular complexity index is 2080. The van der Waals surface area contributed by atoms with Crippen molar-refractivity contribution in [3.8, 4) is 17.2 Å². The largest absolute Gasteiger partial charge is 0.497 e. The van der Waals surface area contributed by atoms with Gasteiger partial charge in [0.25, 0.3) is 0 Å². The summed E-state index contributed by atoms with van der Waals surface area (Å²) in [5.41, 5.74) is 0.878. The van der Waals surface area contributed by atoms with E-state index in [0.29, 0.717) is 22.6 Å². The van der Waals surface area contributed by atoms with Gasteiger partial charge in [-0.2, -0.15) is 4.31 Å². The molecule has 0 N–H and O–H groups in total. The Balaban J connectivity index is 1.37. The topological polar surface area (TPSA) is 116 Å². The number of hydrogen-bond acceptors (Lipinski definition) is 8. The molecule has 0 spiro atoms. The van der Waals surface area contributed by atoms with Crippen LogP contribution in [0.5, 0.6) is 17.2 Å². The van der Waals surface area contributed by atoms with E-state index < -0.39 is 71.8 Å². The Labute approximate surface area is 301 Å². The maximum atomic E-state index is 15.9. The molecular formula is C37H36ClF2NO8S2. The molecule has 1 heterocycles. The second-order valence-electron chi connectivity index (χ2n) is 12.6. The zero-order chi connectivity index (χ0) is 36.6. The molecule has 270 valence electrons. The van der Waals surface area contributed by atoms with Crippen molar-refractivity contribution in [1.29, 1.82) is 0 Å². The number of ether oxygens (including phenoxy) is 3. The second-order valence-corrected chi connectivity index (χ2v) is 17.4. The number of rotatable bonds is 12. The molecule has 6 rings (SSSR count). The fraction of sp³-hybridized carbons (Fsp3) is 0.324. The van der Waals surface area contributed by atoms with Crippen LogP contribution in [0.4, 0.5) is 8.78 Å². The monoisotopic (exact) mass is 759 g/mol. The normalized spacial score (nSPS) is 20.3. The summed E-state index contributed by atoms with van der Waals surface area (Å²) >= 11 is 6.05. The molecule has 4 aromatic carbocycles. The molecule has 14 heteroatoms. The Morgan fingerprint density at radius 1 is 0.824 bits per heavy atom. The van der Waals surface area contributed by atoms with Gasteiger partial charge >= 0.3 is 0 Å². The highest BCUT2D eigenvalue weighted by Crippen LogP contribution is 2.58. The van der Waals surface area contributed by atoms with Gasteiger partial charge in [-0.05, 0) is 84.6 Å². The first-order valence-corrected chi connectivity index (χ1v) is 19.7. The average Bonchev–Trinajstić information content (AvgIpc) is 3.12. The van der Waals surface area contributed by atoms with Gasteiger partial charge in [0.05, 0.1) is 37.0 Å². The van der Waals surface area contributed by atoms with Gasteiger partial charge in [-0.25, -0.2) is 25.6 Å². The summed E-state index contributed by atoms with van der Waals surface area (Å²) in [6, 6.07) is 20.9. The minimum absolute atomic E-state index is 0.00371. The highest BCUT2D eigenvalue weighted by molar-refractivity contribution is 7.92. The van der Waals surface area contributed by atoms with E-state index in [2.05, 4.69) is 0 Å². The number of benzene rings is 4. The number of hydrogen-bond donors (Lipinski definition) is 0. The van der Waals surface area contributed by atoms with Crippen LogP contribution in [0, 0.1) is 23.5 Å². The standard InChI is InChI=1S/C37H36ClF2NO8S2/c1-47-27-9-3-24(4-10-27)21-41(22-25-5-11-28(48-2)12-6-25)50(43,44)20-18-30-31-23-49-36-33(40)16-15-32(39)35(36)37(31,19-17-34(30)42)51(45,46)29-13-7-26(38)8-14-29/h3-16,30-31H,17-23H2,1-2H3/t30?,31-,37-/m1/s1. The number of carbonyl (C=O) groups is 1. The van der Waals surface area contributed by atoms with Crippen LogP contribution in [-0.2, 0) is 42.5 Å². The molecule has 1 aliphatic carbocycles. The molecule has 0 aromatic heterocycles. The lowest BCUT2D eigenvalue weighted by Gasteiger charge is -2.49. The molecule has 4 aromatic rings. The van der Waals surface area contributed by atoms with Crippen molar-refractivity contribution in [2.45, 2.75) is 42.0 Å².